The fourth-order valence-corrected chi connectivity index (χ4v) is 5.76. The van der Waals surface area contributed by atoms with Crippen LogP contribution in [0.4, 0.5) is 0 Å². The standard InChI is InChI=1S/C23H27NO5S/c1-4-9-19-20(17-10-7-6-8-11-17)21(23(26)29-5-2)22(25)24(19)30(27,28)18-14-12-16(3)13-15-18/h6-8,10-15,19-21H,4-5,9H2,1-3H3/t19-,20+,21-/m0/s1. The number of sulfonamides is 1. The first-order chi connectivity index (χ1) is 14.3. The molecular weight excluding hydrogens is 402 g/mol. The molecule has 0 radical (unpaired) electrons. The molecule has 1 heterocycles. The Morgan fingerprint density at radius 1 is 1.03 bits per heavy atom. The molecule has 0 saturated carbocycles. The van der Waals surface area contributed by atoms with Crippen molar-refractivity contribution in [1.82, 2.24) is 4.31 Å². The molecule has 1 aliphatic heterocycles. The summed E-state index contributed by atoms with van der Waals surface area (Å²) in [6.45, 7) is 5.58. The monoisotopic (exact) mass is 429 g/mol. The number of amides is 1. The lowest BCUT2D eigenvalue weighted by atomic mass is 9.82. The van der Waals surface area contributed by atoms with Gasteiger partial charge >= 0.3 is 5.97 Å². The minimum absolute atomic E-state index is 0.0406. The third-order valence-electron chi connectivity index (χ3n) is 5.45. The van der Waals surface area contributed by atoms with Crippen molar-refractivity contribution in [2.24, 2.45) is 5.92 Å². The Morgan fingerprint density at radius 3 is 2.23 bits per heavy atom. The second kappa shape index (κ2) is 9.00. The number of hydrogen-bond donors (Lipinski definition) is 0. The molecule has 160 valence electrons. The molecule has 3 rings (SSSR count). The number of carbonyl (C=O) groups excluding carboxylic acids is 2. The molecule has 6 nitrogen and oxygen atoms in total. The van der Waals surface area contributed by atoms with E-state index in [-0.39, 0.29) is 11.5 Å². The summed E-state index contributed by atoms with van der Waals surface area (Å²) in [5.41, 5.74) is 1.67. The first-order valence-electron chi connectivity index (χ1n) is 10.2. The van der Waals surface area contributed by atoms with Crippen LogP contribution in [0.1, 0.15) is 43.7 Å². The van der Waals surface area contributed by atoms with Gasteiger partial charge in [0.1, 0.15) is 5.92 Å². The maximum atomic E-state index is 13.5. The Kier molecular flexibility index (Phi) is 6.61. The van der Waals surface area contributed by atoms with Crippen molar-refractivity contribution < 1.29 is 22.7 Å². The molecule has 1 amide bonds. The summed E-state index contributed by atoms with van der Waals surface area (Å²) in [4.78, 5) is 26.2. The van der Waals surface area contributed by atoms with Gasteiger partial charge in [0, 0.05) is 5.92 Å². The Hall–Kier alpha value is -2.67. The number of carbonyl (C=O) groups is 2. The van der Waals surface area contributed by atoms with Crippen LogP contribution >= 0.6 is 0 Å². The van der Waals surface area contributed by atoms with Gasteiger partial charge in [0.25, 0.3) is 15.9 Å². The van der Waals surface area contributed by atoms with E-state index in [4.69, 9.17) is 4.74 Å². The maximum absolute atomic E-state index is 13.5. The molecule has 1 fully saturated rings. The number of esters is 1. The highest BCUT2D eigenvalue weighted by Gasteiger charge is 2.56. The number of hydrogen-bond acceptors (Lipinski definition) is 5. The lowest BCUT2D eigenvalue weighted by Crippen LogP contribution is -2.40. The van der Waals surface area contributed by atoms with E-state index in [9.17, 15) is 18.0 Å². The first kappa shape index (κ1) is 22.0. The molecule has 1 saturated heterocycles. The van der Waals surface area contributed by atoms with Gasteiger partial charge in [-0.3, -0.25) is 9.59 Å². The van der Waals surface area contributed by atoms with Crippen molar-refractivity contribution in [1.29, 1.82) is 0 Å². The average Bonchev–Trinajstić information content (AvgIpc) is 3.02. The predicted molar refractivity (Wildman–Crippen MR) is 113 cm³/mol. The third-order valence-corrected chi connectivity index (χ3v) is 7.28. The number of aryl methyl sites for hydroxylation is 1. The van der Waals surface area contributed by atoms with Crippen LogP contribution in [-0.2, 0) is 24.3 Å². The molecule has 30 heavy (non-hydrogen) atoms. The molecular formula is C23H27NO5S. The minimum atomic E-state index is -4.12. The molecule has 0 spiro atoms. The summed E-state index contributed by atoms with van der Waals surface area (Å²) in [6, 6.07) is 14.9. The zero-order valence-corrected chi connectivity index (χ0v) is 18.3. The highest BCUT2D eigenvalue weighted by Crippen LogP contribution is 2.44. The zero-order chi connectivity index (χ0) is 21.9. The van der Waals surface area contributed by atoms with Crippen LogP contribution in [-0.4, -0.2) is 37.2 Å². The summed E-state index contributed by atoms with van der Waals surface area (Å²) in [5, 5.41) is 0. The van der Waals surface area contributed by atoms with E-state index in [0.29, 0.717) is 12.8 Å². The van der Waals surface area contributed by atoms with E-state index in [1.807, 2.05) is 44.2 Å². The molecule has 0 N–H and O–H groups in total. The van der Waals surface area contributed by atoms with Crippen LogP contribution in [0.25, 0.3) is 0 Å². The van der Waals surface area contributed by atoms with Gasteiger partial charge < -0.3 is 4.74 Å². The van der Waals surface area contributed by atoms with Crippen molar-refractivity contribution in [3.05, 3.63) is 65.7 Å². The second-order valence-corrected chi connectivity index (χ2v) is 9.29. The fraction of sp³-hybridized carbons (Fsp3) is 0.391. The van der Waals surface area contributed by atoms with Crippen molar-refractivity contribution in [3.8, 4) is 0 Å². The van der Waals surface area contributed by atoms with E-state index >= 15 is 0 Å². The molecule has 7 heteroatoms. The lowest BCUT2D eigenvalue weighted by molar-refractivity contribution is -0.152. The maximum Gasteiger partial charge on any atom is 0.319 e. The summed E-state index contributed by atoms with van der Waals surface area (Å²) >= 11 is 0. The molecule has 0 aromatic heterocycles. The number of rotatable bonds is 7. The van der Waals surface area contributed by atoms with Crippen LogP contribution in [0, 0.1) is 12.8 Å². The third kappa shape index (κ3) is 3.99. The molecule has 1 aliphatic rings. The topological polar surface area (TPSA) is 80.8 Å². The molecule has 0 unspecified atom stereocenters. The van der Waals surface area contributed by atoms with Crippen LogP contribution in [0.3, 0.4) is 0 Å². The van der Waals surface area contributed by atoms with Crippen LogP contribution in [0.15, 0.2) is 59.5 Å². The largest absolute Gasteiger partial charge is 0.465 e. The molecule has 3 atom stereocenters. The Balaban J connectivity index is 2.15. The number of benzene rings is 2. The quantitative estimate of drug-likeness (QED) is 0.496. The SMILES string of the molecule is CCC[C@H]1[C@@H](c2ccccc2)[C@H](C(=O)OCC)C(=O)N1S(=O)(=O)c1ccc(C)cc1. The van der Waals surface area contributed by atoms with Crippen LogP contribution in [0.5, 0.6) is 0 Å². The minimum Gasteiger partial charge on any atom is -0.465 e. The van der Waals surface area contributed by atoms with Crippen molar-refractivity contribution in [2.45, 2.75) is 50.5 Å². The Labute approximate surface area is 177 Å². The van der Waals surface area contributed by atoms with Gasteiger partial charge in [0.15, 0.2) is 0 Å². The first-order valence-corrected chi connectivity index (χ1v) is 11.6. The predicted octanol–water partition coefficient (Wildman–Crippen LogP) is 3.66. The highest BCUT2D eigenvalue weighted by atomic mass is 32.2. The second-order valence-electron chi connectivity index (χ2n) is 7.47. The summed E-state index contributed by atoms with van der Waals surface area (Å²) in [7, 11) is -4.12. The highest BCUT2D eigenvalue weighted by molar-refractivity contribution is 7.89. The van der Waals surface area contributed by atoms with Crippen molar-refractivity contribution in [2.75, 3.05) is 6.61 Å². The average molecular weight is 430 g/mol. The smallest absolute Gasteiger partial charge is 0.319 e. The molecule has 2 aromatic rings. The van der Waals surface area contributed by atoms with Crippen LogP contribution < -0.4 is 0 Å². The number of nitrogens with zero attached hydrogens (tertiary/aromatic N) is 1. The summed E-state index contributed by atoms with van der Waals surface area (Å²) in [5.74, 6) is -3.19. The fourth-order valence-electron chi connectivity index (χ4n) is 4.10. The zero-order valence-electron chi connectivity index (χ0n) is 17.4. The van der Waals surface area contributed by atoms with E-state index in [1.54, 1.807) is 19.1 Å². The van der Waals surface area contributed by atoms with Crippen molar-refractivity contribution >= 4 is 21.9 Å². The van der Waals surface area contributed by atoms with Gasteiger partial charge in [0.2, 0.25) is 0 Å². The molecule has 2 aromatic carbocycles. The Morgan fingerprint density at radius 2 is 1.67 bits per heavy atom. The van der Waals surface area contributed by atoms with Crippen molar-refractivity contribution in [3.63, 3.8) is 0 Å². The van der Waals surface area contributed by atoms with Gasteiger partial charge in [-0.05, 0) is 38.0 Å². The molecule has 0 bridgehead atoms. The van der Waals surface area contributed by atoms with Gasteiger partial charge in [-0.1, -0.05) is 61.4 Å². The Bertz CT molecular complexity index is 1000. The van der Waals surface area contributed by atoms with Crippen LogP contribution in [0.2, 0.25) is 0 Å². The van der Waals surface area contributed by atoms with Gasteiger partial charge in [0.05, 0.1) is 17.5 Å². The van der Waals surface area contributed by atoms with Gasteiger partial charge in [-0.2, -0.15) is 0 Å². The molecule has 0 aliphatic carbocycles. The van der Waals surface area contributed by atoms with E-state index in [2.05, 4.69) is 0 Å². The lowest BCUT2D eigenvalue weighted by Gasteiger charge is -2.28. The van der Waals surface area contributed by atoms with E-state index in [0.717, 1.165) is 15.4 Å². The van der Waals surface area contributed by atoms with Gasteiger partial charge in [-0.15, -0.1) is 0 Å². The number of ether oxygens (including phenoxy) is 1. The summed E-state index contributed by atoms with van der Waals surface area (Å²) in [6.07, 6.45) is 1.11. The van der Waals surface area contributed by atoms with E-state index < -0.39 is 39.8 Å². The summed E-state index contributed by atoms with van der Waals surface area (Å²) < 4.78 is 33.1. The normalized spacial score (nSPS) is 21.6. The van der Waals surface area contributed by atoms with E-state index in [1.165, 1.54) is 12.1 Å². The van der Waals surface area contributed by atoms with Gasteiger partial charge in [-0.25, -0.2) is 12.7 Å².